The van der Waals surface area contributed by atoms with E-state index < -0.39 is 6.09 Å². The van der Waals surface area contributed by atoms with E-state index in [0.29, 0.717) is 5.92 Å². The highest BCUT2D eigenvalue weighted by Gasteiger charge is 2.35. The van der Waals surface area contributed by atoms with Gasteiger partial charge in [0, 0.05) is 6.04 Å². The topological polar surface area (TPSA) is 69.6 Å². The molecule has 1 rings (SSSR count). The van der Waals surface area contributed by atoms with Crippen LogP contribution in [0, 0.1) is 11.3 Å². The normalized spacial score (nSPS) is 28.5. The van der Waals surface area contributed by atoms with Gasteiger partial charge in [-0.05, 0) is 37.0 Å². The van der Waals surface area contributed by atoms with Crippen molar-refractivity contribution in [2.45, 2.75) is 58.6 Å². The molecular formula is C12H23NO3. The Morgan fingerprint density at radius 1 is 1.25 bits per heavy atom. The summed E-state index contributed by atoms with van der Waals surface area (Å²) in [7, 11) is 0. The fourth-order valence-corrected chi connectivity index (χ4v) is 2.61. The number of rotatable bonds is 2. The summed E-state index contributed by atoms with van der Waals surface area (Å²) in [4.78, 5) is 10.8. The maximum atomic E-state index is 10.8. The van der Waals surface area contributed by atoms with Crippen LogP contribution in [0.15, 0.2) is 0 Å². The van der Waals surface area contributed by atoms with Crippen molar-refractivity contribution in [3.05, 3.63) is 0 Å². The van der Waals surface area contributed by atoms with Crippen LogP contribution in [0.3, 0.4) is 0 Å². The van der Waals surface area contributed by atoms with E-state index in [1.165, 1.54) is 0 Å². The predicted molar refractivity (Wildman–Crippen MR) is 62.4 cm³/mol. The van der Waals surface area contributed by atoms with Crippen molar-refractivity contribution in [2.75, 3.05) is 0 Å². The van der Waals surface area contributed by atoms with Gasteiger partial charge in [-0.15, -0.1) is 0 Å². The Morgan fingerprint density at radius 2 is 1.75 bits per heavy atom. The van der Waals surface area contributed by atoms with E-state index in [-0.39, 0.29) is 17.6 Å². The van der Waals surface area contributed by atoms with Crippen molar-refractivity contribution in [3.63, 3.8) is 0 Å². The molecule has 0 aliphatic heterocycles. The fraction of sp³-hybridized carbons (Fsp3) is 0.917. The van der Waals surface area contributed by atoms with E-state index in [2.05, 4.69) is 26.1 Å². The number of carbonyl (C=O) groups is 1. The monoisotopic (exact) mass is 229 g/mol. The first kappa shape index (κ1) is 13.3. The minimum absolute atomic E-state index is 0.0301. The number of aliphatic hydroxyl groups excluding tert-OH is 1. The molecule has 94 valence electrons. The summed E-state index contributed by atoms with van der Waals surface area (Å²) in [5.74, 6) is 0.347. The van der Waals surface area contributed by atoms with Gasteiger partial charge in [-0.25, -0.2) is 4.79 Å². The molecule has 0 spiro atoms. The summed E-state index contributed by atoms with van der Waals surface area (Å²) in [5.41, 5.74) is -0.0780. The first-order valence-electron chi connectivity index (χ1n) is 5.98. The van der Waals surface area contributed by atoms with Crippen LogP contribution in [0.4, 0.5) is 4.79 Å². The molecule has 1 saturated carbocycles. The maximum absolute atomic E-state index is 10.8. The highest BCUT2D eigenvalue weighted by Crippen LogP contribution is 2.34. The second-order valence-electron chi connectivity index (χ2n) is 5.86. The van der Waals surface area contributed by atoms with Crippen LogP contribution in [0.2, 0.25) is 0 Å². The first-order valence-corrected chi connectivity index (χ1v) is 5.98. The van der Waals surface area contributed by atoms with Crippen LogP contribution in [0.5, 0.6) is 0 Å². The highest BCUT2D eigenvalue weighted by atomic mass is 16.4. The van der Waals surface area contributed by atoms with E-state index in [1.54, 1.807) is 0 Å². The molecule has 0 radical (unpaired) electrons. The molecule has 0 aromatic heterocycles. The molecule has 3 N–H and O–H groups in total. The molecule has 1 aliphatic rings. The number of hydrogen-bond acceptors (Lipinski definition) is 2. The largest absolute Gasteiger partial charge is 0.465 e. The van der Waals surface area contributed by atoms with E-state index >= 15 is 0 Å². The van der Waals surface area contributed by atoms with Gasteiger partial charge in [0.2, 0.25) is 0 Å². The fourth-order valence-electron chi connectivity index (χ4n) is 2.61. The number of amides is 1. The lowest BCUT2D eigenvalue weighted by atomic mass is 9.72. The summed E-state index contributed by atoms with van der Waals surface area (Å²) in [5, 5.41) is 21.0. The molecule has 4 nitrogen and oxygen atoms in total. The minimum Gasteiger partial charge on any atom is -0.465 e. The Kier molecular flexibility index (Phi) is 4.19. The molecule has 0 aromatic carbocycles. The van der Waals surface area contributed by atoms with E-state index in [4.69, 9.17) is 5.11 Å². The summed E-state index contributed by atoms with van der Waals surface area (Å²) in [6.07, 6.45) is 2.25. The third-order valence-corrected chi connectivity index (χ3v) is 3.42. The molecular weight excluding hydrogens is 206 g/mol. The summed E-state index contributed by atoms with van der Waals surface area (Å²) in [6.45, 7) is 6.16. The molecule has 1 unspecified atom stereocenters. The number of carboxylic acid groups (broad SMARTS) is 1. The molecule has 0 aromatic rings. The van der Waals surface area contributed by atoms with Crippen LogP contribution in [0.1, 0.15) is 46.5 Å². The van der Waals surface area contributed by atoms with Crippen LogP contribution in [-0.4, -0.2) is 28.5 Å². The Labute approximate surface area is 97.0 Å². The van der Waals surface area contributed by atoms with Crippen molar-refractivity contribution in [1.29, 1.82) is 0 Å². The Balaban J connectivity index is 2.65. The molecule has 0 bridgehead atoms. The average Bonchev–Trinajstić information content (AvgIpc) is 2.14. The Bertz CT molecular complexity index is 239. The second-order valence-corrected chi connectivity index (χ2v) is 5.86. The zero-order chi connectivity index (χ0) is 12.3. The van der Waals surface area contributed by atoms with Crippen LogP contribution in [0.25, 0.3) is 0 Å². The van der Waals surface area contributed by atoms with Crippen LogP contribution >= 0.6 is 0 Å². The van der Waals surface area contributed by atoms with Crippen molar-refractivity contribution >= 4 is 6.09 Å². The zero-order valence-electron chi connectivity index (χ0n) is 10.4. The lowest BCUT2D eigenvalue weighted by Gasteiger charge is -2.39. The van der Waals surface area contributed by atoms with E-state index in [1.807, 2.05) is 0 Å². The predicted octanol–water partition coefficient (Wildman–Crippen LogP) is 2.22. The van der Waals surface area contributed by atoms with Crippen molar-refractivity contribution in [3.8, 4) is 0 Å². The van der Waals surface area contributed by atoms with Gasteiger partial charge >= 0.3 is 6.09 Å². The SMILES string of the molecule is CC(C)(C)C(NC(=O)O)C1CCC(O)CC1. The highest BCUT2D eigenvalue weighted by molar-refractivity contribution is 5.65. The molecule has 1 aliphatic carbocycles. The standard InChI is InChI=1S/C12H23NO3/c1-12(2,3)10(13-11(15)16)8-4-6-9(14)7-5-8/h8-10,13-14H,4-7H2,1-3H3,(H,15,16). The van der Waals surface area contributed by atoms with Crippen molar-refractivity contribution in [1.82, 2.24) is 5.32 Å². The summed E-state index contributed by atoms with van der Waals surface area (Å²) in [6, 6.07) is -0.0301. The van der Waals surface area contributed by atoms with Gasteiger partial charge in [0.25, 0.3) is 0 Å². The Morgan fingerprint density at radius 3 is 2.12 bits per heavy atom. The zero-order valence-corrected chi connectivity index (χ0v) is 10.4. The third-order valence-electron chi connectivity index (χ3n) is 3.42. The number of aliphatic hydroxyl groups is 1. The van der Waals surface area contributed by atoms with Gasteiger partial charge in [-0.3, -0.25) is 0 Å². The van der Waals surface area contributed by atoms with Crippen LogP contribution < -0.4 is 5.32 Å². The van der Waals surface area contributed by atoms with Gasteiger partial charge in [0.15, 0.2) is 0 Å². The van der Waals surface area contributed by atoms with Gasteiger partial charge < -0.3 is 15.5 Å². The van der Waals surface area contributed by atoms with Crippen LogP contribution in [-0.2, 0) is 0 Å². The molecule has 1 fully saturated rings. The van der Waals surface area contributed by atoms with E-state index in [9.17, 15) is 9.90 Å². The van der Waals surface area contributed by atoms with Gasteiger partial charge in [-0.2, -0.15) is 0 Å². The van der Waals surface area contributed by atoms with Gasteiger partial charge in [0.05, 0.1) is 6.10 Å². The average molecular weight is 229 g/mol. The molecule has 16 heavy (non-hydrogen) atoms. The summed E-state index contributed by atoms with van der Waals surface area (Å²) >= 11 is 0. The number of nitrogens with one attached hydrogen (secondary N) is 1. The maximum Gasteiger partial charge on any atom is 0.404 e. The number of hydrogen-bond donors (Lipinski definition) is 3. The molecule has 0 saturated heterocycles. The molecule has 1 amide bonds. The smallest absolute Gasteiger partial charge is 0.404 e. The molecule has 0 heterocycles. The second kappa shape index (κ2) is 5.04. The molecule has 4 heteroatoms. The minimum atomic E-state index is -0.953. The van der Waals surface area contributed by atoms with E-state index in [0.717, 1.165) is 25.7 Å². The lowest BCUT2D eigenvalue weighted by molar-refractivity contribution is 0.0743. The van der Waals surface area contributed by atoms with Gasteiger partial charge in [-0.1, -0.05) is 20.8 Å². The van der Waals surface area contributed by atoms with Crippen molar-refractivity contribution in [2.24, 2.45) is 11.3 Å². The quantitative estimate of drug-likeness (QED) is 0.680. The van der Waals surface area contributed by atoms with Gasteiger partial charge in [0.1, 0.15) is 0 Å². The third kappa shape index (κ3) is 3.67. The summed E-state index contributed by atoms with van der Waals surface area (Å²) < 4.78 is 0. The molecule has 1 atom stereocenters. The first-order chi connectivity index (χ1) is 7.30. The van der Waals surface area contributed by atoms with Crippen molar-refractivity contribution < 1.29 is 15.0 Å². The Hall–Kier alpha value is -0.770. The lowest BCUT2D eigenvalue weighted by Crippen LogP contribution is -2.49.